The van der Waals surface area contributed by atoms with Crippen molar-refractivity contribution in [3.8, 4) is 11.5 Å². The average molecular weight is 424 g/mol. The second kappa shape index (κ2) is 10.0. The number of carbonyl (C=O) groups excluding carboxylic acids is 1. The Balaban J connectivity index is 1.90. The fourth-order valence-electron chi connectivity index (χ4n) is 3.56. The summed E-state index contributed by atoms with van der Waals surface area (Å²) >= 11 is 0. The zero-order valence-electron chi connectivity index (χ0n) is 18.1. The Morgan fingerprint density at radius 2 is 1.74 bits per heavy atom. The fourth-order valence-corrected chi connectivity index (χ4v) is 3.56. The smallest absolute Gasteiger partial charge is 0.303 e. The number of hydrogen-bond acceptors (Lipinski definition) is 5. The molecule has 0 aromatic heterocycles. The average Bonchev–Trinajstić information content (AvgIpc) is 3.24. The number of benzene rings is 2. The van der Waals surface area contributed by atoms with E-state index in [0.717, 1.165) is 23.2 Å². The molecule has 1 amide bonds. The first-order chi connectivity index (χ1) is 15.0. The van der Waals surface area contributed by atoms with Gasteiger partial charge in [0.05, 0.1) is 26.0 Å². The standard InChI is InChI=1S/C24H28N2O5/c1-4-16-8-10-17(11-9-16)20-15-19(18-12-13-21(30-2)22(14-18)31-3)25-26(20)23(27)6-5-7-24(28)29/h8-15,20,25H,4-7H2,1-3H3,(H,28,29)/t20-/m0/s1. The number of nitrogens with one attached hydrogen (secondary N) is 1. The molecular weight excluding hydrogens is 396 g/mol. The molecule has 0 unspecified atom stereocenters. The minimum absolute atomic E-state index is 0.0363. The van der Waals surface area contributed by atoms with Crippen molar-refractivity contribution in [3.05, 3.63) is 65.2 Å². The number of ether oxygens (including phenoxy) is 2. The molecule has 0 bridgehead atoms. The first-order valence-electron chi connectivity index (χ1n) is 10.3. The van der Waals surface area contributed by atoms with Gasteiger partial charge < -0.3 is 14.6 Å². The highest BCUT2D eigenvalue weighted by Gasteiger charge is 2.30. The second-order valence-corrected chi connectivity index (χ2v) is 7.31. The summed E-state index contributed by atoms with van der Waals surface area (Å²) < 4.78 is 10.7. The Morgan fingerprint density at radius 3 is 2.35 bits per heavy atom. The summed E-state index contributed by atoms with van der Waals surface area (Å²) in [6.07, 6.45) is 3.34. The predicted molar refractivity (Wildman–Crippen MR) is 118 cm³/mol. The van der Waals surface area contributed by atoms with Gasteiger partial charge in [-0.1, -0.05) is 31.2 Å². The van der Waals surface area contributed by atoms with Gasteiger partial charge in [0.1, 0.15) is 0 Å². The summed E-state index contributed by atoms with van der Waals surface area (Å²) in [5.41, 5.74) is 7.04. The number of aliphatic carboxylic acids is 1. The van der Waals surface area contributed by atoms with Gasteiger partial charge in [0.2, 0.25) is 5.91 Å². The van der Waals surface area contributed by atoms with Crippen molar-refractivity contribution in [2.45, 2.75) is 38.6 Å². The predicted octanol–water partition coefficient (Wildman–Crippen LogP) is 3.95. The van der Waals surface area contributed by atoms with Crippen molar-refractivity contribution >= 4 is 17.6 Å². The highest BCUT2D eigenvalue weighted by Crippen LogP contribution is 2.35. The maximum atomic E-state index is 12.9. The number of carboxylic acids is 1. The van der Waals surface area contributed by atoms with Crippen LogP contribution in [0.1, 0.15) is 48.9 Å². The van der Waals surface area contributed by atoms with E-state index in [4.69, 9.17) is 14.6 Å². The van der Waals surface area contributed by atoms with Crippen molar-refractivity contribution in [2.75, 3.05) is 14.2 Å². The van der Waals surface area contributed by atoms with Crippen LogP contribution in [-0.2, 0) is 16.0 Å². The number of hydrazine groups is 1. The summed E-state index contributed by atoms with van der Waals surface area (Å²) in [4.78, 5) is 23.8. The number of carbonyl (C=O) groups is 2. The number of aryl methyl sites for hydroxylation is 1. The first kappa shape index (κ1) is 22.2. The third kappa shape index (κ3) is 5.17. The van der Waals surface area contributed by atoms with E-state index in [1.807, 2.05) is 36.4 Å². The molecule has 0 spiro atoms. The molecule has 2 aromatic rings. The number of carboxylic acid groups (broad SMARTS) is 1. The lowest BCUT2D eigenvalue weighted by Crippen LogP contribution is -2.39. The summed E-state index contributed by atoms with van der Waals surface area (Å²) in [6.45, 7) is 2.10. The molecule has 31 heavy (non-hydrogen) atoms. The summed E-state index contributed by atoms with van der Waals surface area (Å²) in [5, 5.41) is 10.5. The van der Waals surface area contributed by atoms with E-state index in [9.17, 15) is 9.59 Å². The molecule has 7 nitrogen and oxygen atoms in total. The van der Waals surface area contributed by atoms with E-state index in [-0.39, 0.29) is 24.8 Å². The zero-order valence-corrected chi connectivity index (χ0v) is 18.1. The van der Waals surface area contributed by atoms with E-state index in [1.54, 1.807) is 19.2 Å². The maximum Gasteiger partial charge on any atom is 0.303 e. The SMILES string of the molecule is CCc1ccc([C@@H]2C=C(c3ccc(OC)c(OC)c3)NN2C(=O)CCCC(=O)O)cc1. The molecule has 1 atom stereocenters. The monoisotopic (exact) mass is 424 g/mol. The van der Waals surface area contributed by atoms with Gasteiger partial charge in [-0.05, 0) is 48.2 Å². The minimum atomic E-state index is -0.905. The number of methoxy groups -OCH3 is 2. The van der Waals surface area contributed by atoms with Crippen LogP contribution >= 0.6 is 0 Å². The summed E-state index contributed by atoms with van der Waals surface area (Å²) in [6, 6.07) is 13.4. The van der Waals surface area contributed by atoms with Gasteiger partial charge in [0.25, 0.3) is 0 Å². The number of amides is 1. The molecule has 0 saturated carbocycles. The topological polar surface area (TPSA) is 88.1 Å². The van der Waals surface area contributed by atoms with E-state index >= 15 is 0 Å². The van der Waals surface area contributed by atoms with Crippen LogP contribution in [0.5, 0.6) is 11.5 Å². The fraction of sp³-hybridized carbons (Fsp3) is 0.333. The van der Waals surface area contributed by atoms with Crippen LogP contribution < -0.4 is 14.9 Å². The number of rotatable bonds is 9. The number of nitrogens with zero attached hydrogens (tertiary/aromatic N) is 1. The van der Waals surface area contributed by atoms with Crippen LogP contribution in [0.15, 0.2) is 48.5 Å². The van der Waals surface area contributed by atoms with Gasteiger partial charge in [0, 0.05) is 18.4 Å². The normalized spacial score (nSPS) is 15.3. The lowest BCUT2D eigenvalue weighted by atomic mass is 10.0. The van der Waals surface area contributed by atoms with Gasteiger partial charge in [-0.15, -0.1) is 0 Å². The molecule has 2 aromatic carbocycles. The molecular formula is C24H28N2O5. The summed E-state index contributed by atoms with van der Waals surface area (Å²) in [7, 11) is 3.16. The van der Waals surface area contributed by atoms with Crippen molar-refractivity contribution < 1.29 is 24.2 Å². The lowest BCUT2D eigenvalue weighted by Gasteiger charge is -2.26. The number of hydrogen-bond donors (Lipinski definition) is 2. The van der Waals surface area contributed by atoms with E-state index in [1.165, 1.54) is 5.56 Å². The van der Waals surface area contributed by atoms with Gasteiger partial charge in [-0.3, -0.25) is 15.0 Å². The maximum absolute atomic E-state index is 12.9. The van der Waals surface area contributed by atoms with Crippen molar-refractivity contribution in [2.24, 2.45) is 0 Å². The van der Waals surface area contributed by atoms with Gasteiger partial charge in [-0.2, -0.15) is 0 Å². The van der Waals surface area contributed by atoms with Crippen LogP contribution in [-0.4, -0.2) is 36.2 Å². The summed E-state index contributed by atoms with van der Waals surface area (Å²) in [5.74, 6) is 0.159. The highest BCUT2D eigenvalue weighted by molar-refractivity contribution is 5.81. The second-order valence-electron chi connectivity index (χ2n) is 7.31. The van der Waals surface area contributed by atoms with Crippen molar-refractivity contribution in [3.63, 3.8) is 0 Å². The Labute approximate surface area is 182 Å². The lowest BCUT2D eigenvalue weighted by molar-refractivity contribution is -0.137. The van der Waals surface area contributed by atoms with Crippen molar-refractivity contribution in [1.29, 1.82) is 0 Å². The Morgan fingerprint density at radius 1 is 1.03 bits per heavy atom. The zero-order chi connectivity index (χ0) is 22.4. The molecule has 0 fully saturated rings. The van der Waals surface area contributed by atoms with Crippen LogP contribution in [0.2, 0.25) is 0 Å². The van der Waals surface area contributed by atoms with Gasteiger partial charge >= 0.3 is 5.97 Å². The van der Waals surface area contributed by atoms with Gasteiger partial charge in [-0.25, -0.2) is 5.01 Å². The Bertz CT molecular complexity index is 968. The third-order valence-electron chi connectivity index (χ3n) is 5.32. The van der Waals surface area contributed by atoms with Crippen molar-refractivity contribution in [1.82, 2.24) is 10.4 Å². The molecule has 0 saturated heterocycles. The van der Waals surface area contributed by atoms with Crippen LogP contribution in [0, 0.1) is 0 Å². The molecule has 2 N–H and O–H groups in total. The van der Waals surface area contributed by atoms with Crippen LogP contribution in [0.25, 0.3) is 5.70 Å². The molecule has 0 aliphatic carbocycles. The first-order valence-corrected chi connectivity index (χ1v) is 10.3. The van der Waals surface area contributed by atoms with Crippen LogP contribution in [0.3, 0.4) is 0 Å². The largest absolute Gasteiger partial charge is 0.493 e. The quantitative estimate of drug-likeness (QED) is 0.634. The minimum Gasteiger partial charge on any atom is -0.493 e. The Kier molecular flexibility index (Phi) is 7.18. The Hall–Kier alpha value is -3.48. The van der Waals surface area contributed by atoms with Crippen LogP contribution in [0.4, 0.5) is 0 Å². The van der Waals surface area contributed by atoms with Gasteiger partial charge in [0.15, 0.2) is 11.5 Å². The molecule has 0 radical (unpaired) electrons. The third-order valence-corrected chi connectivity index (χ3v) is 5.32. The van der Waals surface area contributed by atoms with E-state index in [0.29, 0.717) is 17.9 Å². The molecule has 3 rings (SSSR count). The molecule has 1 aliphatic rings. The molecule has 7 heteroatoms. The highest BCUT2D eigenvalue weighted by atomic mass is 16.5. The van der Waals surface area contributed by atoms with E-state index < -0.39 is 5.97 Å². The van der Waals surface area contributed by atoms with E-state index in [2.05, 4.69) is 24.5 Å². The molecule has 164 valence electrons. The molecule has 1 heterocycles. The molecule has 1 aliphatic heterocycles.